The second-order valence-electron chi connectivity index (χ2n) is 6.48. The summed E-state index contributed by atoms with van der Waals surface area (Å²) in [6.45, 7) is 2.08. The van der Waals surface area contributed by atoms with Gasteiger partial charge in [0.1, 0.15) is 11.8 Å². The largest absolute Gasteiger partial charge is 0.467 e. The summed E-state index contributed by atoms with van der Waals surface area (Å²) in [5.74, 6) is 2.18. The van der Waals surface area contributed by atoms with Crippen molar-refractivity contribution in [3.63, 3.8) is 0 Å². The quantitative estimate of drug-likeness (QED) is 0.780. The highest BCUT2D eigenvalue weighted by Crippen LogP contribution is 2.33. The van der Waals surface area contributed by atoms with Gasteiger partial charge >= 0.3 is 0 Å². The van der Waals surface area contributed by atoms with Crippen molar-refractivity contribution in [3.05, 3.63) is 29.8 Å². The van der Waals surface area contributed by atoms with Gasteiger partial charge in [0.25, 0.3) is 5.91 Å². The minimum atomic E-state index is -0.940. The standard InChI is InChI=1S/C19H21N3O4/c1-3-11-20-17(24)13(2)22-12-10-19(9-8-16(22)23)21-18(25)14-6-4-5-7-15(14)26-19/h1,4-7,13H,8-12H2,2H3,(H,20,24)(H,21,25)/t13-,19-/m0/s1. The number of ether oxygens (including phenoxy) is 1. The summed E-state index contributed by atoms with van der Waals surface area (Å²) < 4.78 is 6.07. The molecule has 7 heteroatoms. The summed E-state index contributed by atoms with van der Waals surface area (Å²) in [6.07, 6.45) is 6.07. The number of carbonyl (C=O) groups is 3. The Morgan fingerprint density at radius 2 is 2.19 bits per heavy atom. The van der Waals surface area contributed by atoms with Crippen LogP contribution in [0.1, 0.15) is 36.5 Å². The normalized spacial score (nSPS) is 23.2. The first-order valence-electron chi connectivity index (χ1n) is 8.57. The summed E-state index contributed by atoms with van der Waals surface area (Å²) in [4.78, 5) is 38.6. The van der Waals surface area contributed by atoms with Gasteiger partial charge in [-0.2, -0.15) is 0 Å². The van der Waals surface area contributed by atoms with Gasteiger partial charge in [-0.15, -0.1) is 6.42 Å². The number of benzene rings is 1. The molecule has 2 N–H and O–H groups in total. The number of hydrogen-bond donors (Lipinski definition) is 2. The van der Waals surface area contributed by atoms with Crippen molar-refractivity contribution < 1.29 is 19.1 Å². The zero-order valence-electron chi connectivity index (χ0n) is 14.6. The summed E-state index contributed by atoms with van der Waals surface area (Å²) in [7, 11) is 0. The average Bonchev–Trinajstić information content (AvgIpc) is 2.79. The van der Waals surface area contributed by atoms with E-state index in [0.29, 0.717) is 30.7 Å². The lowest BCUT2D eigenvalue weighted by Crippen LogP contribution is -2.56. The molecule has 1 saturated heterocycles. The molecule has 136 valence electrons. The van der Waals surface area contributed by atoms with Crippen LogP contribution >= 0.6 is 0 Å². The predicted molar refractivity (Wildman–Crippen MR) is 94.1 cm³/mol. The van der Waals surface area contributed by atoms with E-state index in [4.69, 9.17) is 11.2 Å². The van der Waals surface area contributed by atoms with E-state index in [1.165, 1.54) is 4.90 Å². The van der Waals surface area contributed by atoms with Crippen LogP contribution in [0.25, 0.3) is 0 Å². The van der Waals surface area contributed by atoms with Crippen LogP contribution < -0.4 is 15.4 Å². The van der Waals surface area contributed by atoms with Crippen LogP contribution in [0.2, 0.25) is 0 Å². The summed E-state index contributed by atoms with van der Waals surface area (Å²) >= 11 is 0. The van der Waals surface area contributed by atoms with Gasteiger partial charge in [-0.1, -0.05) is 18.1 Å². The van der Waals surface area contributed by atoms with Gasteiger partial charge in [0.05, 0.1) is 12.1 Å². The molecule has 0 unspecified atom stereocenters. The number of rotatable bonds is 3. The number of nitrogens with zero attached hydrogens (tertiary/aromatic N) is 1. The summed E-state index contributed by atoms with van der Waals surface area (Å²) in [5, 5.41) is 5.50. The lowest BCUT2D eigenvalue weighted by Gasteiger charge is -2.38. The van der Waals surface area contributed by atoms with Gasteiger partial charge < -0.3 is 20.3 Å². The fraction of sp³-hybridized carbons (Fsp3) is 0.421. The maximum atomic E-state index is 12.5. The van der Waals surface area contributed by atoms with Crippen molar-refractivity contribution in [2.75, 3.05) is 13.1 Å². The second kappa shape index (κ2) is 7.08. The lowest BCUT2D eigenvalue weighted by atomic mass is 10.0. The minimum absolute atomic E-state index is 0.116. The van der Waals surface area contributed by atoms with Crippen LogP contribution in [-0.2, 0) is 9.59 Å². The Hall–Kier alpha value is -3.01. The number of para-hydroxylation sites is 1. The first-order chi connectivity index (χ1) is 12.5. The molecule has 7 nitrogen and oxygen atoms in total. The Morgan fingerprint density at radius 3 is 2.96 bits per heavy atom. The van der Waals surface area contributed by atoms with Gasteiger partial charge in [0, 0.05) is 25.8 Å². The number of nitrogens with one attached hydrogen (secondary N) is 2. The number of fused-ring (bicyclic) bond motifs is 1. The van der Waals surface area contributed by atoms with Crippen molar-refractivity contribution in [1.29, 1.82) is 0 Å². The third-order valence-electron chi connectivity index (χ3n) is 4.81. The molecule has 26 heavy (non-hydrogen) atoms. The third-order valence-corrected chi connectivity index (χ3v) is 4.81. The molecule has 0 bridgehead atoms. The SMILES string of the molecule is C#CCNC(=O)[C@H](C)N1CC[C@@]2(CCC1=O)NC(=O)c1ccccc1O2. The molecule has 2 heterocycles. The number of likely N-dealkylation sites (tertiary alicyclic amines) is 1. The zero-order chi connectivity index (χ0) is 18.7. The van der Waals surface area contributed by atoms with Crippen molar-refractivity contribution >= 4 is 17.7 Å². The van der Waals surface area contributed by atoms with Gasteiger partial charge in [0.15, 0.2) is 5.72 Å². The number of terminal acetylenes is 1. The van der Waals surface area contributed by atoms with Crippen LogP contribution in [0.3, 0.4) is 0 Å². The van der Waals surface area contributed by atoms with Crippen LogP contribution in [0.5, 0.6) is 5.75 Å². The topological polar surface area (TPSA) is 87.7 Å². The maximum Gasteiger partial charge on any atom is 0.258 e. The molecule has 0 aromatic heterocycles. The molecule has 0 radical (unpaired) electrons. The average molecular weight is 355 g/mol. The molecule has 2 aliphatic rings. The van der Waals surface area contributed by atoms with E-state index in [9.17, 15) is 14.4 Å². The number of amides is 3. The molecular formula is C19H21N3O4. The smallest absolute Gasteiger partial charge is 0.258 e. The van der Waals surface area contributed by atoms with E-state index in [0.717, 1.165) is 0 Å². The Balaban J connectivity index is 1.76. The second-order valence-corrected chi connectivity index (χ2v) is 6.48. The summed E-state index contributed by atoms with van der Waals surface area (Å²) in [6, 6.07) is 6.38. The first kappa shape index (κ1) is 17.8. The van der Waals surface area contributed by atoms with E-state index < -0.39 is 11.8 Å². The molecule has 2 aliphatic heterocycles. The first-order valence-corrected chi connectivity index (χ1v) is 8.57. The Kier molecular flexibility index (Phi) is 4.85. The lowest BCUT2D eigenvalue weighted by molar-refractivity contribution is -0.139. The molecule has 1 spiro atoms. The molecule has 3 amide bonds. The Labute approximate surface area is 152 Å². The van der Waals surface area contributed by atoms with Crippen LogP contribution in [-0.4, -0.2) is 47.5 Å². The van der Waals surface area contributed by atoms with Crippen molar-refractivity contribution in [1.82, 2.24) is 15.5 Å². The Morgan fingerprint density at radius 1 is 1.42 bits per heavy atom. The molecular weight excluding hydrogens is 334 g/mol. The summed E-state index contributed by atoms with van der Waals surface area (Å²) in [5.41, 5.74) is -0.460. The highest BCUT2D eigenvalue weighted by atomic mass is 16.5. The van der Waals surface area contributed by atoms with Gasteiger partial charge in [-0.05, 0) is 19.1 Å². The number of hydrogen-bond acceptors (Lipinski definition) is 4. The fourth-order valence-electron chi connectivity index (χ4n) is 3.32. The van der Waals surface area contributed by atoms with Gasteiger partial charge in [-0.3, -0.25) is 14.4 Å². The monoisotopic (exact) mass is 355 g/mol. The molecule has 1 fully saturated rings. The van der Waals surface area contributed by atoms with E-state index in [1.807, 2.05) is 0 Å². The molecule has 0 saturated carbocycles. The van der Waals surface area contributed by atoms with Gasteiger partial charge in [0.2, 0.25) is 11.8 Å². The molecule has 3 rings (SSSR count). The van der Waals surface area contributed by atoms with Gasteiger partial charge in [-0.25, -0.2) is 0 Å². The molecule has 2 atom stereocenters. The predicted octanol–water partition coefficient (Wildman–Crippen LogP) is 0.656. The highest BCUT2D eigenvalue weighted by molar-refractivity contribution is 5.98. The van der Waals surface area contributed by atoms with E-state index in [2.05, 4.69) is 16.6 Å². The molecule has 1 aromatic carbocycles. The van der Waals surface area contributed by atoms with Crippen LogP contribution in [0.15, 0.2) is 24.3 Å². The minimum Gasteiger partial charge on any atom is -0.467 e. The zero-order valence-corrected chi connectivity index (χ0v) is 14.6. The van der Waals surface area contributed by atoms with E-state index >= 15 is 0 Å². The van der Waals surface area contributed by atoms with Crippen LogP contribution in [0.4, 0.5) is 0 Å². The van der Waals surface area contributed by atoms with Crippen molar-refractivity contribution in [2.24, 2.45) is 0 Å². The van der Waals surface area contributed by atoms with E-state index in [1.54, 1.807) is 31.2 Å². The van der Waals surface area contributed by atoms with Crippen molar-refractivity contribution in [3.8, 4) is 18.1 Å². The molecule has 1 aromatic rings. The fourth-order valence-corrected chi connectivity index (χ4v) is 3.32. The van der Waals surface area contributed by atoms with Crippen molar-refractivity contribution in [2.45, 2.75) is 38.0 Å². The maximum absolute atomic E-state index is 12.5. The number of carbonyl (C=O) groups excluding carboxylic acids is 3. The highest BCUT2D eigenvalue weighted by Gasteiger charge is 2.43. The van der Waals surface area contributed by atoms with Crippen LogP contribution in [0, 0.1) is 12.3 Å². The van der Waals surface area contributed by atoms with E-state index in [-0.39, 0.29) is 30.7 Å². The Bertz CT molecular complexity index is 785. The molecule has 0 aliphatic carbocycles. The third kappa shape index (κ3) is 3.36.